The van der Waals surface area contributed by atoms with Gasteiger partial charge in [-0.2, -0.15) is 0 Å². The number of carbonyl (C=O) groups excluding carboxylic acids is 1. The predicted molar refractivity (Wildman–Crippen MR) is 66.5 cm³/mol. The second-order valence-corrected chi connectivity index (χ2v) is 4.07. The highest BCUT2D eigenvalue weighted by Crippen LogP contribution is 2.17. The summed E-state index contributed by atoms with van der Waals surface area (Å²) < 4.78 is 18.3. The molecule has 1 amide bonds. The number of ether oxygens (including phenoxy) is 1. The van der Waals surface area contributed by atoms with Gasteiger partial charge < -0.3 is 15.2 Å². The van der Waals surface area contributed by atoms with E-state index in [1.54, 1.807) is 13.0 Å². The normalized spacial score (nSPS) is 10.0. The molecule has 0 aromatic heterocycles. The molecular weight excluding hydrogens is 253 g/mol. The highest BCUT2D eigenvalue weighted by atomic mass is 19.1. The summed E-state index contributed by atoms with van der Waals surface area (Å²) in [5, 5.41) is 10.9. The number of hydrogen-bond donors (Lipinski definition) is 2. The molecule has 104 valence electrons. The number of nitrogens with one attached hydrogen (secondary N) is 1. The van der Waals surface area contributed by atoms with Gasteiger partial charge in [-0.25, -0.2) is 4.39 Å². The molecule has 0 saturated carbocycles. The molecule has 19 heavy (non-hydrogen) atoms. The number of amides is 1. The van der Waals surface area contributed by atoms with Gasteiger partial charge in [0.25, 0.3) is 5.91 Å². The first-order chi connectivity index (χ1) is 8.99. The van der Waals surface area contributed by atoms with Crippen molar-refractivity contribution in [3.63, 3.8) is 0 Å². The van der Waals surface area contributed by atoms with Crippen molar-refractivity contribution in [3.05, 3.63) is 29.6 Å². The summed E-state index contributed by atoms with van der Waals surface area (Å²) in [5.41, 5.74) is 0.832. The average molecular weight is 269 g/mol. The Hall–Kier alpha value is -2.11. The van der Waals surface area contributed by atoms with Crippen molar-refractivity contribution in [2.75, 3.05) is 13.2 Å². The van der Waals surface area contributed by atoms with Crippen molar-refractivity contribution < 1.29 is 23.8 Å². The molecule has 1 aromatic rings. The number of halogens is 1. The SMILES string of the molecule is Cc1ccc(F)c(OCC(=O)NCCCC(=O)O)c1. The molecule has 0 unspecified atom stereocenters. The minimum atomic E-state index is -0.910. The second kappa shape index (κ2) is 7.35. The van der Waals surface area contributed by atoms with Gasteiger partial charge in [-0.3, -0.25) is 9.59 Å². The van der Waals surface area contributed by atoms with Gasteiger partial charge >= 0.3 is 5.97 Å². The van der Waals surface area contributed by atoms with Crippen molar-refractivity contribution in [3.8, 4) is 5.75 Å². The molecule has 0 heterocycles. The number of benzene rings is 1. The highest BCUT2D eigenvalue weighted by Gasteiger charge is 2.07. The maximum atomic E-state index is 13.3. The first-order valence-electron chi connectivity index (χ1n) is 5.86. The number of hydrogen-bond acceptors (Lipinski definition) is 3. The van der Waals surface area contributed by atoms with Crippen LogP contribution in [0.3, 0.4) is 0 Å². The van der Waals surface area contributed by atoms with Crippen LogP contribution < -0.4 is 10.1 Å². The molecule has 0 fully saturated rings. The molecule has 0 aliphatic carbocycles. The monoisotopic (exact) mass is 269 g/mol. The summed E-state index contributed by atoms with van der Waals surface area (Å²) in [5.74, 6) is -1.82. The number of aryl methyl sites for hydroxylation is 1. The molecule has 0 bridgehead atoms. The van der Waals surface area contributed by atoms with Crippen molar-refractivity contribution in [1.82, 2.24) is 5.32 Å². The smallest absolute Gasteiger partial charge is 0.303 e. The van der Waals surface area contributed by atoms with Crippen LogP contribution in [0.1, 0.15) is 18.4 Å². The summed E-state index contributed by atoms with van der Waals surface area (Å²) >= 11 is 0. The molecule has 0 aliphatic heterocycles. The van der Waals surface area contributed by atoms with Gasteiger partial charge in [-0.15, -0.1) is 0 Å². The van der Waals surface area contributed by atoms with Crippen LogP contribution in [0, 0.1) is 12.7 Å². The zero-order chi connectivity index (χ0) is 14.3. The van der Waals surface area contributed by atoms with Crippen molar-refractivity contribution in [1.29, 1.82) is 0 Å². The van der Waals surface area contributed by atoms with Gasteiger partial charge in [-0.05, 0) is 31.0 Å². The molecule has 0 saturated heterocycles. The minimum Gasteiger partial charge on any atom is -0.481 e. The first kappa shape index (κ1) is 14.9. The van der Waals surface area contributed by atoms with E-state index in [2.05, 4.69) is 5.32 Å². The van der Waals surface area contributed by atoms with Gasteiger partial charge in [0.2, 0.25) is 0 Å². The molecular formula is C13H16FNO4. The van der Waals surface area contributed by atoms with Crippen LogP contribution >= 0.6 is 0 Å². The van der Waals surface area contributed by atoms with Gasteiger partial charge in [-0.1, -0.05) is 6.07 Å². The Morgan fingerprint density at radius 3 is 2.84 bits per heavy atom. The Morgan fingerprint density at radius 2 is 2.16 bits per heavy atom. The number of carbonyl (C=O) groups is 2. The van der Waals surface area contributed by atoms with E-state index in [9.17, 15) is 14.0 Å². The summed E-state index contributed by atoms with van der Waals surface area (Å²) in [7, 11) is 0. The van der Waals surface area contributed by atoms with Crippen LogP contribution in [0.2, 0.25) is 0 Å². The zero-order valence-electron chi connectivity index (χ0n) is 10.6. The van der Waals surface area contributed by atoms with E-state index < -0.39 is 17.7 Å². The minimum absolute atomic E-state index is 0.00630. The Bertz CT molecular complexity index is 462. The van der Waals surface area contributed by atoms with E-state index in [4.69, 9.17) is 9.84 Å². The molecule has 5 nitrogen and oxygen atoms in total. The van der Waals surface area contributed by atoms with E-state index in [1.165, 1.54) is 12.1 Å². The lowest BCUT2D eigenvalue weighted by Gasteiger charge is -2.08. The van der Waals surface area contributed by atoms with Gasteiger partial charge in [0, 0.05) is 13.0 Å². The lowest BCUT2D eigenvalue weighted by atomic mass is 10.2. The lowest BCUT2D eigenvalue weighted by Crippen LogP contribution is -2.30. The first-order valence-corrected chi connectivity index (χ1v) is 5.86. The van der Waals surface area contributed by atoms with Crippen molar-refractivity contribution in [2.45, 2.75) is 19.8 Å². The van der Waals surface area contributed by atoms with E-state index in [0.717, 1.165) is 5.56 Å². The van der Waals surface area contributed by atoms with Crippen LogP contribution in [0.25, 0.3) is 0 Å². The fourth-order valence-electron chi connectivity index (χ4n) is 1.38. The molecule has 0 spiro atoms. The Kier molecular flexibility index (Phi) is 5.78. The maximum absolute atomic E-state index is 13.3. The Balaban J connectivity index is 2.30. The van der Waals surface area contributed by atoms with E-state index in [1.807, 2.05) is 0 Å². The highest BCUT2D eigenvalue weighted by molar-refractivity contribution is 5.77. The largest absolute Gasteiger partial charge is 0.481 e. The average Bonchev–Trinajstić information content (AvgIpc) is 2.35. The van der Waals surface area contributed by atoms with E-state index >= 15 is 0 Å². The molecule has 0 aliphatic rings. The third-order valence-corrected chi connectivity index (χ3v) is 2.34. The third-order valence-electron chi connectivity index (χ3n) is 2.34. The van der Waals surface area contributed by atoms with Crippen LogP contribution in [0.5, 0.6) is 5.75 Å². The molecule has 0 atom stereocenters. The number of rotatable bonds is 7. The van der Waals surface area contributed by atoms with Gasteiger partial charge in [0.05, 0.1) is 0 Å². The van der Waals surface area contributed by atoms with Crippen LogP contribution in [-0.4, -0.2) is 30.1 Å². The molecule has 0 radical (unpaired) electrons. The maximum Gasteiger partial charge on any atom is 0.303 e. The zero-order valence-corrected chi connectivity index (χ0v) is 10.6. The fraction of sp³-hybridized carbons (Fsp3) is 0.385. The Morgan fingerprint density at radius 1 is 1.42 bits per heavy atom. The van der Waals surface area contributed by atoms with Crippen molar-refractivity contribution >= 4 is 11.9 Å². The van der Waals surface area contributed by atoms with Crippen molar-refractivity contribution in [2.24, 2.45) is 0 Å². The molecule has 1 rings (SSSR count). The topological polar surface area (TPSA) is 75.6 Å². The van der Waals surface area contributed by atoms with Crippen LogP contribution in [0.15, 0.2) is 18.2 Å². The molecule has 2 N–H and O–H groups in total. The quantitative estimate of drug-likeness (QED) is 0.735. The van der Waals surface area contributed by atoms with Gasteiger partial charge in [0.15, 0.2) is 18.2 Å². The standard InChI is InChI=1S/C13H16FNO4/c1-9-4-5-10(14)11(7-9)19-8-12(16)15-6-2-3-13(17)18/h4-5,7H,2-3,6,8H2,1H3,(H,15,16)(H,17,18). The Labute approximate surface area is 110 Å². The van der Waals surface area contributed by atoms with E-state index in [-0.39, 0.29) is 25.3 Å². The summed E-state index contributed by atoms with van der Waals surface area (Å²) in [4.78, 5) is 21.6. The summed E-state index contributed by atoms with van der Waals surface area (Å²) in [6.07, 6.45) is 0.341. The second-order valence-electron chi connectivity index (χ2n) is 4.07. The number of aliphatic carboxylic acids is 1. The predicted octanol–water partition coefficient (Wildman–Crippen LogP) is 1.49. The van der Waals surface area contributed by atoms with Crippen LogP contribution in [0.4, 0.5) is 4.39 Å². The third kappa shape index (κ3) is 5.85. The lowest BCUT2D eigenvalue weighted by molar-refractivity contribution is -0.137. The summed E-state index contributed by atoms with van der Waals surface area (Å²) in [6.45, 7) is 1.75. The molecule has 6 heteroatoms. The number of carboxylic acids is 1. The van der Waals surface area contributed by atoms with Gasteiger partial charge in [0.1, 0.15) is 0 Å². The fourth-order valence-corrected chi connectivity index (χ4v) is 1.38. The number of carboxylic acid groups (broad SMARTS) is 1. The molecule has 1 aromatic carbocycles. The van der Waals surface area contributed by atoms with Crippen LogP contribution in [-0.2, 0) is 9.59 Å². The van der Waals surface area contributed by atoms with E-state index in [0.29, 0.717) is 6.42 Å². The summed E-state index contributed by atoms with van der Waals surface area (Å²) in [6, 6.07) is 4.39.